The molecule has 0 aliphatic rings. The van der Waals surface area contributed by atoms with E-state index in [1.807, 2.05) is 38.1 Å². The number of hydrogen-bond donors (Lipinski definition) is 1. The highest BCUT2D eigenvalue weighted by atomic mass is 32.1. The van der Waals surface area contributed by atoms with Gasteiger partial charge in [-0.05, 0) is 26.0 Å². The van der Waals surface area contributed by atoms with Gasteiger partial charge in [0, 0.05) is 11.3 Å². The lowest BCUT2D eigenvalue weighted by molar-refractivity contribution is 0.102. The van der Waals surface area contributed by atoms with Gasteiger partial charge >= 0.3 is 0 Å². The number of amides is 1. The predicted octanol–water partition coefficient (Wildman–Crippen LogP) is 2.96. The fourth-order valence-electron chi connectivity index (χ4n) is 1.85. The minimum Gasteiger partial charge on any atom is -0.296 e. The number of aryl methyl sites for hydroxylation is 1. The van der Waals surface area contributed by atoms with Gasteiger partial charge in [-0.15, -0.1) is 0 Å². The number of carbonyl (C=O) groups excluding carboxylic acids is 1. The molecule has 1 N–H and O–H groups in total. The third-order valence-electron chi connectivity index (χ3n) is 3.07. The lowest BCUT2D eigenvalue weighted by Crippen LogP contribution is -2.16. The van der Waals surface area contributed by atoms with Crippen LogP contribution in [0, 0.1) is 13.8 Å². The standard InChI is InChI=1S/C14H12N4OS/c1-8-9(2)15-7-16-12(8)13(19)18-14-17-10-5-3-4-6-11(10)20-14/h3-7H,1-2H3,(H,17,18,19). The molecule has 20 heavy (non-hydrogen) atoms. The van der Waals surface area contributed by atoms with Gasteiger partial charge in [0.25, 0.3) is 5.91 Å². The van der Waals surface area contributed by atoms with Gasteiger partial charge in [0.05, 0.1) is 10.2 Å². The van der Waals surface area contributed by atoms with Gasteiger partial charge in [0.15, 0.2) is 5.13 Å². The first-order chi connectivity index (χ1) is 9.65. The van der Waals surface area contributed by atoms with Gasteiger partial charge in [-0.3, -0.25) is 10.1 Å². The zero-order valence-electron chi connectivity index (χ0n) is 11.0. The van der Waals surface area contributed by atoms with Crippen molar-refractivity contribution in [3.8, 4) is 0 Å². The summed E-state index contributed by atoms with van der Waals surface area (Å²) in [6.07, 6.45) is 1.40. The molecule has 2 aromatic heterocycles. The van der Waals surface area contributed by atoms with Crippen LogP contribution in [0.1, 0.15) is 21.7 Å². The van der Waals surface area contributed by atoms with E-state index in [0.29, 0.717) is 10.8 Å². The summed E-state index contributed by atoms with van der Waals surface area (Å²) in [7, 11) is 0. The smallest absolute Gasteiger partial charge is 0.276 e. The van der Waals surface area contributed by atoms with Crippen molar-refractivity contribution in [1.82, 2.24) is 15.0 Å². The second-order valence-electron chi connectivity index (χ2n) is 4.37. The van der Waals surface area contributed by atoms with Crippen LogP contribution in [-0.4, -0.2) is 20.9 Å². The summed E-state index contributed by atoms with van der Waals surface area (Å²) < 4.78 is 1.04. The Labute approximate surface area is 119 Å². The number of nitrogens with one attached hydrogen (secondary N) is 1. The van der Waals surface area contributed by atoms with Crippen LogP contribution in [0.2, 0.25) is 0 Å². The zero-order valence-corrected chi connectivity index (χ0v) is 11.9. The van der Waals surface area contributed by atoms with Crippen LogP contribution in [-0.2, 0) is 0 Å². The Hall–Kier alpha value is -2.34. The van der Waals surface area contributed by atoms with E-state index in [-0.39, 0.29) is 5.91 Å². The lowest BCUT2D eigenvalue weighted by Gasteiger charge is -2.05. The normalized spacial score (nSPS) is 10.7. The molecule has 2 heterocycles. The van der Waals surface area contributed by atoms with E-state index in [2.05, 4.69) is 20.3 Å². The maximum Gasteiger partial charge on any atom is 0.276 e. The van der Waals surface area contributed by atoms with Gasteiger partial charge in [0.2, 0.25) is 0 Å². The Morgan fingerprint density at radius 3 is 2.80 bits per heavy atom. The van der Waals surface area contributed by atoms with E-state index in [1.165, 1.54) is 17.7 Å². The number of benzene rings is 1. The molecule has 0 bridgehead atoms. The van der Waals surface area contributed by atoms with Crippen molar-refractivity contribution in [2.75, 3.05) is 5.32 Å². The number of hydrogen-bond acceptors (Lipinski definition) is 5. The largest absolute Gasteiger partial charge is 0.296 e. The van der Waals surface area contributed by atoms with Crippen LogP contribution in [0.4, 0.5) is 5.13 Å². The average Bonchev–Trinajstić information content (AvgIpc) is 2.83. The Balaban J connectivity index is 1.90. The first kappa shape index (κ1) is 12.7. The molecule has 3 rings (SSSR count). The van der Waals surface area contributed by atoms with Gasteiger partial charge in [0.1, 0.15) is 12.0 Å². The van der Waals surface area contributed by atoms with Crippen LogP contribution in [0.15, 0.2) is 30.6 Å². The second-order valence-corrected chi connectivity index (χ2v) is 5.40. The molecule has 0 aliphatic carbocycles. The molecule has 1 amide bonds. The minimum absolute atomic E-state index is 0.257. The average molecular weight is 284 g/mol. The molecule has 0 saturated carbocycles. The number of rotatable bonds is 2. The number of para-hydroxylation sites is 1. The van der Waals surface area contributed by atoms with Gasteiger partial charge in [-0.1, -0.05) is 23.5 Å². The first-order valence-electron chi connectivity index (χ1n) is 6.10. The monoisotopic (exact) mass is 284 g/mol. The number of nitrogens with zero attached hydrogens (tertiary/aromatic N) is 3. The molecule has 100 valence electrons. The molecule has 0 spiro atoms. The summed E-state index contributed by atoms with van der Waals surface area (Å²) in [6, 6.07) is 7.76. The lowest BCUT2D eigenvalue weighted by atomic mass is 10.2. The molecule has 3 aromatic rings. The summed E-state index contributed by atoms with van der Waals surface area (Å²) in [6.45, 7) is 3.69. The molecular formula is C14H12N4OS. The van der Waals surface area contributed by atoms with Crippen molar-refractivity contribution >= 4 is 32.6 Å². The van der Waals surface area contributed by atoms with E-state index in [1.54, 1.807) is 0 Å². The highest BCUT2D eigenvalue weighted by molar-refractivity contribution is 7.22. The fraction of sp³-hybridized carbons (Fsp3) is 0.143. The maximum absolute atomic E-state index is 12.2. The highest BCUT2D eigenvalue weighted by Crippen LogP contribution is 2.25. The number of fused-ring (bicyclic) bond motifs is 1. The Bertz CT molecular complexity index is 764. The van der Waals surface area contributed by atoms with Gasteiger partial charge < -0.3 is 0 Å². The molecule has 0 radical (unpaired) electrons. The van der Waals surface area contributed by atoms with Crippen molar-refractivity contribution in [1.29, 1.82) is 0 Å². The molecule has 1 aromatic carbocycles. The Kier molecular flexibility index (Phi) is 3.15. The highest BCUT2D eigenvalue weighted by Gasteiger charge is 2.14. The summed E-state index contributed by atoms with van der Waals surface area (Å²) in [5.74, 6) is -0.257. The first-order valence-corrected chi connectivity index (χ1v) is 6.92. The molecule has 0 saturated heterocycles. The van der Waals surface area contributed by atoms with Crippen molar-refractivity contribution < 1.29 is 4.79 Å². The van der Waals surface area contributed by atoms with Crippen molar-refractivity contribution in [3.63, 3.8) is 0 Å². The van der Waals surface area contributed by atoms with Crippen molar-refractivity contribution in [2.45, 2.75) is 13.8 Å². The zero-order chi connectivity index (χ0) is 14.1. The summed E-state index contributed by atoms with van der Waals surface area (Å²) in [4.78, 5) is 24.7. The number of thiazole rings is 1. The predicted molar refractivity (Wildman–Crippen MR) is 79.1 cm³/mol. The van der Waals surface area contributed by atoms with E-state index in [4.69, 9.17) is 0 Å². The molecule has 0 unspecified atom stereocenters. The summed E-state index contributed by atoms with van der Waals surface area (Å²) >= 11 is 1.44. The molecule has 5 nitrogen and oxygen atoms in total. The van der Waals surface area contributed by atoms with Crippen LogP contribution in [0.3, 0.4) is 0 Å². The van der Waals surface area contributed by atoms with Crippen LogP contribution in [0.5, 0.6) is 0 Å². The van der Waals surface area contributed by atoms with E-state index >= 15 is 0 Å². The van der Waals surface area contributed by atoms with E-state index in [0.717, 1.165) is 21.5 Å². The summed E-state index contributed by atoms with van der Waals surface area (Å²) in [5, 5.41) is 3.37. The molecule has 0 aliphatic heterocycles. The Morgan fingerprint density at radius 1 is 1.20 bits per heavy atom. The fourth-order valence-corrected chi connectivity index (χ4v) is 2.71. The SMILES string of the molecule is Cc1ncnc(C(=O)Nc2nc3ccccc3s2)c1C. The second kappa shape index (κ2) is 4.97. The molecular weight excluding hydrogens is 272 g/mol. The third-order valence-corrected chi connectivity index (χ3v) is 4.02. The number of carbonyl (C=O) groups is 1. The van der Waals surface area contributed by atoms with Gasteiger partial charge in [-0.2, -0.15) is 0 Å². The third kappa shape index (κ3) is 2.25. The number of anilines is 1. The number of aromatic nitrogens is 3. The molecule has 6 heteroatoms. The molecule has 0 atom stereocenters. The van der Waals surface area contributed by atoms with Crippen LogP contribution < -0.4 is 5.32 Å². The van der Waals surface area contributed by atoms with E-state index < -0.39 is 0 Å². The van der Waals surface area contributed by atoms with Crippen LogP contribution >= 0.6 is 11.3 Å². The minimum atomic E-state index is -0.257. The Morgan fingerprint density at radius 2 is 2.00 bits per heavy atom. The van der Waals surface area contributed by atoms with Crippen LogP contribution in [0.25, 0.3) is 10.2 Å². The quantitative estimate of drug-likeness (QED) is 0.785. The van der Waals surface area contributed by atoms with Gasteiger partial charge in [-0.25, -0.2) is 15.0 Å². The summed E-state index contributed by atoms with van der Waals surface area (Å²) in [5.41, 5.74) is 2.85. The topological polar surface area (TPSA) is 67.8 Å². The van der Waals surface area contributed by atoms with Crippen molar-refractivity contribution in [3.05, 3.63) is 47.5 Å². The van der Waals surface area contributed by atoms with Crippen molar-refractivity contribution in [2.24, 2.45) is 0 Å². The maximum atomic E-state index is 12.2. The van der Waals surface area contributed by atoms with E-state index in [9.17, 15) is 4.79 Å². The molecule has 0 fully saturated rings.